The van der Waals surface area contributed by atoms with Crippen LogP contribution in [0.5, 0.6) is 0 Å². The van der Waals surface area contributed by atoms with Crippen molar-refractivity contribution in [1.82, 2.24) is 19.6 Å². The molecule has 2 heterocycles. The fraction of sp³-hybridized carbons (Fsp3) is 0.0769. The molecule has 0 aliphatic heterocycles. The maximum Gasteiger partial charge on any atom is 0.256 e. The maximum absolute atomic E-state index is 12.2. The lowest BCUT2D eigenvalue weighted by molar-refractivity contribution is 0.102. The quantitative estimate of drug-likeness (QED) is 0.738. The number of benzene rings is 1. The van der Waals surface area contributed by atoms with E-state index in [2.05, 4.69) is 36.3 Å². The van der Waals surface area contributed by atoms with Gasteiger partial charge in [-0.15, -0.1) is 5.10 Å². The van der Waals surface area contributed by atoms with Crippen LogP contribution in [-0.2, 0) is 0 Å². The van der Waals surface area contributed by atoms with Crippen molar-refractivity contribution >= 4 is 33.4 Å². The number of H-pyrrole nitrogens is 1. The van der Waals surface area contributed by atoms with Crippen molar-refractivity contribution in [3.05, 3.63) is 56.5 Å². The van der Waals surface area contributed by atoms with Gasteiger partial charge in [-0.2, -0.15) is 9.50 Å². The molecule has 0 spiro atoms. The van der Waals surface area contributed by atoms with Crippen molar-refractivity contribution in [2.45, 2.75) is 6.92 Å². The molecule has 0 aliphatic carbocycles. The van der Waals surface area contributed by atoms with Gasteiger partial charge in [-0.1, -0.05) is 15.9 Å². The number of fused-ring (bicyclic) bond motifs is 1. The number of hydrogen-bond acceptors (Lipinski definition) is 4. The van der Waals surface area contributed by atoms with Gasteiger partial charge in [0.2, 0.25) is 5.78 Å². The molecule has 0 atom stereocenters. The lowest BCUT2D eigenvalue weighted by Gasteiger charge is -2.06. The highest BCUT2D eigenvalue weighted by Crippen LogP contribution is 2.12. The number of hydrogen-bond donors (Lipinski definition) is 2. The van der Waals surface area contributed by atoms with E-state index in [9.17, 15) is 9.59 Å². The lowest BCUT2D eigenvalue weighted by atomic mass is 10.2. The Morgan fingerprint density at radius 1 is 1.33 bits per heavy atom. The van der Waals surface area contributed by atoms with Crippen molar-refractivity contribution in [2.24, 2.45) is 0 Å². The second-order valence-corrected chi connectivity index (χ2v) is 5.29. The molecule has 0 saturated heterocycles. The number of aromatic nitrogens is 4. The van der Waals surface area contributed by atoms with Gasteiger partial charge < -0.3 is 5.32 Å². The number of aromatic amines is 1. The number of rotatable bonds is 2. The topological polar surface area (TPSA) is 92.1 Å². The lowest BCUT2D eigenvalue weighted by Crippen LogP contribution is -2.18. The fourth-order valence-electron chi connectivity index (χ4n) is 1.87. The van der Waals surface area contributed by atoms with Crippen LogP contribution in [0.4, 0.5) is 5.82 Å². The van der Waals surface area contributed by atoms with E-state index in [1.54, 1.807) is 31.2 Å². The highest BCUT2D eigenvalue weighted by Gasteiger charge is 2.11. The molecule has 2 N–H and O–H groups in total. The SMILES string of the molecule is Cc1nc2[nH]c(=O)cc(NC(=O)c3ccc(Br)cc3)n2n1. The molecule has 7 nitrogen and oxygen atoms in total. The van der Waals surface area contributed by atoms with Gasteiger partial charge in [-0.05, 0) is 31.2 Å². The van der Waals surface area contributed by atoms with Gasteiger partial charge in [0.25, 0.3) is 11.5 Å². The molecule has 2 aromatic heterocycles. The van der Waals surface area contributed by atoms with E-state index in [4.69, 9.17) is 0 Å². The third kappa shape index (κ3) is 2.70. The van der Waals surface area contributed by atoms with Crippen LogP contribution < -0.4 is 10.9 Å². The van der Waals surface area contributed by atoms with Gasteiger partial charge >= 0.3 is 0 Å². The van der Waals surface area contributed by atoms with Crippen LogP contribution in [-0.4, -0.2) is 25.5 Å². The molecule has 8 heteroatoms. The highest BCUT2D eigenvalue weighted by atomic mass is 79.9. The summed E-state index contributed by atoms with van der Waals surface area (Å²) >= 11 is 3.31. The van der Waals surface area contributed by atoms with Gasteiger partial charge in [-0.3, -0.25) is 14.6 Å². The van der Waals surface area contributed by atoms with E-state index in [0.29, 0.717) is 11.4 Å². The van der Waals surface area contributed by atoms with E-state index < -0.39 is 0 Å². The maximum atomic E-state index is 12.2. The Labute approximate surface area is 127 Å². The molecule has 0 saturated carbocycles. The van der Waals surface area contributed by atoms with Crippen LogP contribution in [0.15, 0.2) is 39.6 Å². The third-order valence-corrected chi connectivity index (χ3v) is 3.32. The Bertz CT molecular complexity index is 882. The summed E-state index contributed by atoms with van der Waals surface area (Å²) in [4.78, 5) is 30.4. The number of carbonyl (C=O) groups excluding carboxylic acids is 1. The molecule has 0 bridgehead atoms. The van der Waals surface area contributed by atoms with E-state index in [0.717, 1.165) is 4.47 Å². The first-order valence-electron chi connectivity index (χ1n) is 6.06. The first-order valence-corrected chi connectivity index (χ1v) is 6.86. The zero-order valence-corrected chi connectivity index (χ0v) is 12.5. The largest absolute Gasteiger partial charge is 0.306 e. The molecule has 0 aliphatic rings. The predicted molar refractivity (Wildman–Crippen MR) is 80.4 cm³/mol. The van der Waals surface area contributed by atoms with Crippen molar-refractivity contribution in [1.29, 1.82) is 0 Å². The summed E-state index contributed by atoms with van der Waals surface area (Å²) in [7, 11) is 0. The third-order valence-electron chi connectivity index (χ3n) is 2.79. The minimum absolute atomic E-state index is 0.266. The molecule has 3 rings (SSSR count). The summed E-state index contributed by atoms with van der Waals surface area (Å²) < 4.78 is 2.26. The van der Waals surface area contributed by atoms with Crippen LogP contribution in [0, 0.1) is 6.92 Å². The number of anilines is 1. The van der Waals surface area contributed by atoms with Crippen LogP contribution in [0.2, 0.25) is 0 Å². The smallest absolute Gasteiger partial charge is 0.256 e. The number of nitrogens with one attached hydrogen (secondary N) is 2. The molecular weight excluding hydrogens is 338 g/mol. The second kappa shape index (κ2) is 5.13. The van der Waals surface area contributed by atoms with Gasteiger partial charge in [0.15, 0.2) is 0 Å². The van der Waals surface area contributed by atoms with Crippen molar-refractivity contribution in [3.63, 3.8) is 0 Å². The Morgan fingerprint density at radius 3 is 2.76 bits per heavy atom. The Kier molecular flexibility index (Phi) is 3.30. The molecule has 0 fully saturated rings. The Hall–Kier alpha value is -2.48. The summed E-state index contributed by atoms with van der Waals surface area (Å²) in [5.74, 6) is 0.715. The number of halogens is 1. The monoisotopic (exact) mass is 347 g/mol. The Morgan fingerprint density at radius 2 is 2.05 bits per heavy atom. The van der Waals surface area contributed by atoms with Gasteiger partial charge in [0.05, 0.1) is 0 Å². The zero-order chi connectivity index (χ0) is 15.0. The van der Waals surface area contributed by atoms with Gasteiger partial charge in [0, 0.05) is 16.1 Å². The molecule has 0 unspecified atom stereocenters. The summed E-state index contributed by atoms with van der Waals surface area (Å²) in [5, 5.41) is 6.79. The van der Waals surface area contributed by atoms with E-state index in [1.807, 2.05) is 0 Å². The number of aryl methyl sites for hydroxylation is 1. The number of amides is 1. The van der Waals surface area contributed by atoms with Crippen molar-refractivity contribution in [2.75, 3.05) is 5.32 Å². The molecule has 21 heavy (non-hydrogen) atoms. The highest BCUT2D eigenvalue weighted by molar-refractivity contribution is 9.10. The normalized spacial score (nSPS) is 10.8. The molecule has 0 radical (unpaired) electrons. The minimum atomic E-state index is -0.360. The Balaban J connectivity index is 1.99. The van der Waals surface area contributed by atoms with Crippen LogP contribution >= 0.6 is 15.9 Å². The minimum Gasteiger partial charge on any atom is -0.306 e. The molecule has 1 amide bonds. The number of carbonyl (C=O) groups is 1. The van der Waals surface area contributed by atoms with Gasteiger partial charge in [0.1, 0.15) is 11.6 Å². The molecular formula is C13H10BrN5O2. The van der Waals surface area contributed by atoms with E-state index in [1.165, 1.54) is 10.6 Å². The summed E-state index contributed by atoms with van der Waals surface area (Å²) in [6.07, 6.45) is 0. The van der Waals surface area contributed by atoms with E-state index in [-0.39, 0.29) is 23.1 Å². The molecule has 1 aromatic carbocycles. The average molecular weight is 348 g/mol. The summed E-state index contributed by atoms with van der Waals surface area (Å²) in [6, 6.07) is 8.15. The van der Waals surface area contributed by atoms with Crippen molar-refractivity contribution in [3.8, 4) is 0 Å². The van der Waals surface area contributed by atoms with E-state index >= 15 is 0 Å². The standard InChI is InChI=1S/C13H10BrN5O2/c1-7-15-13-17-11(20)6-10(19(13)18-7)16-12(21)8-2-4-9(14)5-3-8/h2-6H,1H3,(H,16,21)(H,15,17,18,20). The number of nitrogens with zero attached hydrogens (tertiary/aromatic N) is 3. The van der Waals surface area contributed by atoms with Crippen molar-refractivity contribution < 1.29 is 4.79 Å². The first kappa shape index (κ1) is 13.5. The average Bonchev–Trinajstić information content (AvgIpc) is 2.79. The van der Waals surface area contributed by atoms with Crippen LogP contribution in [0.25, 0.3) is 5.78 Å². The van der Waals surface area contributed by atoms with Crippen LogP contribution in [0.1, 0.15) is 16.2 Å². The van der Waals surface area contributed by atoms with Crippen LogP contribution in [0.3, 0.4) is 0 Å². The molecule has 3 aromatic rings. The second-order valence-electron chi connectivity index (χ2n) is 4.37. The molecule has 106 valence electrons. The summed E-state index contributed by atoms with van der Waals surface area (Å²) in [6.45, 7) is 1.70. The zero-order valence-electron chi connectivity index (χ0n) is 10.9. The summed E-state index contributed by atoms with van der Waals surface area (Å²) in [5.41, 5.74) is 0.115. The predicted octanol–water partition coefficient (Wildman–Crippen LogP) is 1.74. The first-order chi connectivity index (χ1) is 10.0. The fourth-order valence-corrected chi connectivity index (χ4v) is 2.14. The van der Waals surface area contributed by atoms with Gasteiger partial charge in [-0.25, -0.2) is 0 Å².